The quantitative estimate of drug-likeness (QED) is 0.705. The van der Waals surface area contributed by atoms with Crippen LogP contribution in [0.15, 0.2) is 18.2 Å². The van der Waals surface area contributed by atoms with Gasteiger partial charge in [-0.1, -0.05) is 22.0 Å². The highest BCUT2D eigenvalue weighted by Gasteiger charge is 2.02. The third kappa shape index (κ3) is 2.55. The molecular formula is C9H9BrF2. The maximum absolute atomic E-state index is 12.9. The SMILES string of the molecule is Fc1ccc(CCCBr)c(F)c1. The normalized spacial score (nSPS) is 10.2. The lowest BCUT2D eigenvalue weighted by atomic mass is 10.1. The maximum Gasteiger partial charge on any atom is 0.129 e. The van der Waals surface area contributed by atoms with E-state index in [-0.39, 0.29) is 0 Å². The third-order valence-electron chi connectivity index (χ3n) is 1.59. The molecule has 1 rings (SSSR count). The van der Waals surface area contributed by atoms with Crippen molar-refractivity contribution in [2.45, 2.75) is 12.8 Å². The first-order valence-corrected chi connectivity index (χ1v) is 4.86. The summed E-state index contributed by atoms with van der Waals surface area (Å²) in [5.41, 5.74) is 0.579. The summed E-state index contributed by atoms with van der Waals surface area (Å²) in [6, 6.07) is 3.70. The topological polar surface area (TPSA) is 0 Å². The van der Waals surface area contributed by atoms with Gasteiger partial charge in [-0.15, -0.1) is 0 Å². The van der Waals surface area contributed by atoms with E-state index in [0.29, 0.717) is 12.0 Å². The average molecular weight is 235 g/mol. The Morgan fingerprint density at radius 3 is 2.58 bits per heavy atom. The van der Waals surface area contributed by atoms with Crippen molar-refractivity contribution in [1.29, 1.82) is 0 Å². The molecule has 12 heavy (non-hydrogen) atoms. The second-order valence-electron chi connectivity index (χ2n) is 2.53. The molecule has 0 aliphatic carbocycles. The molecule has 0 aliphatic rings. The van der Waals surface area contributed by atoms with Crippen LogP contribution in [0.4, 0.5) is 8.78 Å². The summed E-state index contributed by atoms with van der Waals surface area (Å²) in [5.74, 6) is -0.967. The number of alkyl halides is 1. The minimum absolute atomic E-state index is 0.448. The summed E-state index contributed by atoms with van der Waals surface area (Å²) in [7, 11) is 0. The van der Waals surface area contributed by atoms with Crippen LogP contribution in [0, 0.1) is 11.6 Å². The smallest absolute Gasteiger partial charge is 0.129 e. The van der Waals surface area contributed by atoms with E-state index >= 15 is 0 Å². The highest BCUT2D eigenvalue weighted by atomic mass is 79.9. The summed E-state index contributed by atoms with van der Waals surface area (Å²) in [4.78, 5) is 0. The van der Waals surface area contributed by atoms with Crippen molar-refractivity contribution in [3.8, 4) is 0 Å². The summed E-state index contributed by atoms with van der Waals surface area (Å²) in [5, 5.41) is 0.837. The van der Waals surface area contributed by atoms with Crippen LogP contribution in [0.3, 0.4) is 0 Å². The molecule has 0 bridgehead atoms. The molecule has 1 aromatic rings. The average Bonchev–Trinajstić information content (AvgIpc) is 2.03. The Kier molecular flexibility index (Phi) is 3.66. The molecule has 0 nitrogen and oxygen atoms in total. The van der Waals surface area contributed by atoms with Gasteiger partial charge in [-0.3, -0.25) is 0 Å². The van der Waals surface area contributed by atoms with Crippen molar-refractivity contribution in [2.75, 3.05) is 5.33 Å². The molecule has 3 heteroatoms. The molecule has 0 aromatic heterocycles. The zero-order chi connectivity index (χ0) is 8.97. The van der Waals surface area contributed by atoms with Gasteiger partial charge in [0.25, 0.3) is 0 Å². The molecule has 0 N–H and O–H groups in total. The van der Waals surface area contributed by atoms with Gasteiger partial charge in [-0.05, 0) is 24.5 Å². The van der Waals surface area contributed by atoms with Gasteiger partial charge in [0.15, 0.2) is 0 Å². The molecule has 66 valence electrons. The van der Waals surface area contributed by atoms with Crippen LogP contribution in [0.1, 0.15) is 12.0 Å². The number of benzene rings is 1. The van der Waals surface area contributed by atoms with Crippen LogP contribution in [0.2, 0.25) is 0 Å². The van der Waals surface area contributed by atoms with Crippen LogP contribution in [-0.2, 0) is 6.42 Å². The fourth-order valence-electron chi connectivity index (χ4n) is 0.982. The van der Waals surface area contributed by atoms with Gasteiger partial charge in [-0.25, -0.2) is 8.78 Å². The van der Waals surface area contributed by atoms with E-state index in [1.165, 1.54) is 12.1 Å². The largest absolute Gasteiger partial charge is 0.207 e. The van der Waals surface area contributed by atoms with E-state index in [9.17, 15) is 8.78 Å². The summed E-state index contributed by atoms with van der Waals surface area (Å²) in [6.07, 6.45) is 1.51. The first kappa shape index (κ1) is 9.65. The fourth-order valence-corrected chi connectivity index (χ4v) is 1.26. The first-order chi connectivity index (χ1) is 5.74. The number of halogens is 3. The molecule has 0 saturated carbocycles. The Morgan fingerprint density at radius 2 is 2.00 bits per heavy atom. The lowest BCUT2D eigenvalue weighted by Gasteiger charge is -2.00. The van der Waals surface area contributed by atoms with Crippen molar-refractivity contribution in [3.63, 3.8) is 0 Å². The molecule has 0 heterocycles. The number of hydrogen-bond donors (Lipinski definition) is 0. The van der Waals surface area contributed by atoms with Crippen molar-refractivity contribution >= 4 is 15.9 Å². The van der Waals surface area contributed by atoms with Gasteiger partial charge in [-0.2, -0.15) is 0 Å². The second-order valence-corrected chi connectivity index (χ2v) is 3.32. The van der Waals surface area contributed by atoms with Crippen molar-refractivity contribution in [3.05, 3.63) is 35.4 Å². The predicted molar refractivity (Wildman–Crippen MR) is 48.5 cm³/mol. The molecule has 0 radical (unpaired) electrons. The minimum atomic E-state index is -0.518. The molecular weight excluding hydrogens is 226 g/mol. The highest BCUT2D eigenvalue weighted by Crippen LogP contribution is 2.11. The molecule has 0 fully saturated rings. The predicted octanol–water partition coefficient (Wildman–Crippen LogP) is 3.29. The monoisotopic (exact) mass is 234 g/mol. The van der Waals surface area contributed by atoms with Gasteiger partial charge in [0.1, 0.15) is 11.6 Å². The molecule has 0 amide bonds. The van der Waals surface area contributed by atoms with Gasteiger partial charge in [0.2, 0.25) is 0 Å². The number of rotatable bonds is 3. The van der Waals surface area contributed by atoms with Gasteiger partial charge < -0.3 is 0 Å². The van der Waals surface area contributed by atoms with Gasteiger partial charge in [0, 0.05) is 11.4 Å². The maximum atomic E-state index is 12.9. The summed E-state index contributed by atoms with van der Waals surface area (Å²) < 4.78 is 25.3. The lowest BCUT2D eigenvalue weighted by Crippen LogP contribution is -1.92. The zero-order valence-corrected chi connectivity index (χ0v) is 8.07. The van der Waals surface area contributed by atoms with Crippen LogP contribution in [-0.4, -0.2) is 5.33 Å². The van der Waals surface area contributed by atoms with E-state index in [0.717, 1.165) is 17.8 Å². The first-order valence-electron chi connectivity index (χ1n) is 3.74. The molecule has 0 aliphatic heterocycles. The molecule has 1 aromatic carbocycles. The van der Waals surface area contributed by atoms with Gasteiger partial charge in [0.05, 0.1) is 0 Å². The molecule has 0 saturated heterocycles. The Balaban J connectivity index is 2.72. The van der Waals surface area contributed by atoms with E-state index in [1.807, 2.05) is 0 Å². The second kappa shape index (κ2) is 4.55. The van der Waals surface area contributed by atoms with Crippen LogP contribution in [0.5, 0.6) is 0 Å². The standard InChI is InChI=1S/C9H9BrF2/c10-5-1-2-7-3-4-8(11)6-9(7)12/h3-4,6H,1-2,5H2. The van der Waals surface area contributed by atoms with Crippen LogP contribution < -0.4 is 0 Å². The Bertz CT molecular complexity index is 261. The van der Waals surface area contributed by atoms with E-state index in [2.05, 4.69) is 15.9 Å². The van der Waals surface area contributed by atoms with Crippen LogP contribution in [0.25, 0.3) is 0 Å². The molecule has 0 unspecified atom stereocenters. The van der Waals surface area contributed by atoms with Gasteiger partial charge >= 0.3 is 0 Å². The van der Waals surface area contributed by atoms with Crippen LogP contribution >= 0.6 is 15.9 Å². The van der Waals surface area contributed by atoms with Crippen molar-refractivity contribution in [1.82, 2.24) is 0 Å². The Hall–Kier alpha value is -0.440. The van der Waals surface area contributed by atoms with E-state index in [1.54, 1.807) is 0 Å². The van der Waals surface area contributed by atoms with E-state index in [4.69, 9.17) is 0 Å². The highest BCUT2D eigenvalue weighted by molar-refractivity contribution is 9.09. The molecule has 0 spiro atoms. The minimum Gasteiger partial charge on any atom is -0.207 e. The molecule has 0 atom stereocenters. The summed E-state index contributed by atoms with van der Waals surface area (Å²) >= 11 is 3.25. The number of aryl methyl sites for hydroxylation is 1. The summed E-state index contributed by atoms with van der Waals surface area (Å²) in [6.45, 7) is 0. The third-order valence-corrected chi connectivity index (χ3v) is 2.16. The number of hydrogen-bond acceptors (Lipinski definition) is 0. The zero-order valence-electron chi connectivity index (χ0n) is 6.49. The van der Waals surface area contributed by atoms with E-state index < -0.39 is 11.6 Å². The Morgan fingerprint density at radius 1 is 1.25 bits per heavy atom. The van der Waals surface area contributed by atoms with Crippen molar-refractivity contribution < 1.29 is 8.78 Å². The van der Waals surface area contributed by atoms with Crippen molar-refractivity contribution in [2.24, 2.45) is 0 Å². The Labute approximate surface area is 78.7 Å². The lowest BCUT2D eigenvalue weighted by molar-refractivity contribution is 0.571. The fraction of sp³-hybridized carbons (Fsp3) is 0.333.